The Morgan fingerprint density at radius 1 is 1.16 bits per heavy atom. The number of thiazole rings is 1. The Balaban J connectivity index is 1.75. The molecule has 0 aliphatic rings. The number of hydrogen-bond acceptors (Lipinski definition) is 5. The van der Waals surface area contributed by atoms with E-state index in [-0.39, 0.29) is 11.7 Å². The minimum absolute atomic E-state index is 0.118. The molecule has 1 heterocycles. The monoisotopic (exact) mass is 440 g/mol. The van der Waals surface area contributed by atoms with E-state index in [1.165, 1.54) is 28.4 Å². The lowest BCUT2D eigenvalue weighted by Gasteiger charge is -2.20. The molecular weight excluding hydrogens is 415 g/mol. The summed E-state index contributed by atoms with van der Waals surface area (Å²) in [5.74, 6) is 0.716. The van der Waals surface area contributed by atoms with Gasteiger partial charge in [0.2, 0.25) is 0 Å². The minimum Gasteiger partial charge on any atom is -0.490 e. The predicted octanol–water partition coefficient (Wildman–Crippen LogP) is 5.37. The number of ether oxygens (including phenoxy) is 2. The molecular formula is C24H25FN2O3S. The van der Waals surface area contributed by atoms with Crippen LogP contribution in [-0.4, -0.2) is 42.6 Å². The van der Waals surface area contributed by atoms with Crippen molar-refractivity contribution in [3.8, 4) is 22.8 Å². The van der Waals surface area contributed by atoms with Crippen LogP contribution in [0.5, 0.6) is 11.5 Å². The standard InChI is InChI=1S/C24H25FN2O3S/c1-5-29-22-14-17(6-12-21(22)30-16(2)24(28)27(3)4)7-13-23-26-20(15-31-23)18-8-10-19(25)11-9-18/h6-16H,5H2,1-4H3. The van der Waals surface area contributed by atoms with Crippen LogP contribution in [0.15, 0.2) is 47.8 Å². The maximum Gasteiger partial charge on any atom is 0.262 e. The molecule has 1 aromatic heterocycles. The highest BCUT2D eigenvalue weighted by atomic mass is 32.1. The molecule has 0 aliphatic heterocycles. The van der Waals surface area contributed by atoms with Gasteiger partial charge in [-0.05, 0) is 61.9 Å². The third-order valence-electron chi connectivity index (χ3n) is 4.44. The van der Waals surface area contributed by atoms with Gasteiger partial charge in [-0.15, -0.1) is 11.3 Å². The van der Waals surface area contributed by atoms with E-state index in [2.05, 4.69) is 4.98 Å². The zero-order chi connectivity index (χ0) is 22.4. The van der Waals surface area contributed by atoms with Gasteiger partial charge in [0.25, 0.3) is 5.91 Å². The van der Waals surface area contributed by atoms with Crippen LogP contribution in [0.4, 0.5) is 4.39 Å². The Bertz CT molecular complexity index is 1060. The van der Waals surface area contributed by atoms with Crippen molar-refractivity contribution in [3.05, 3.63) is 64.2 Å². The van der Waals surface area contributed by atoms with Crippen molar-refractivity contribution in [1.29, 1.82) is 0 Å². The fourth-order valence-corrected chi connectivity index (χ4v) is 3.60. The molecule has 1 atom stereocenters. The third-order valence-corrected chi connectivity index (χ3v) is 5.25. The molecule has 0 N–H and O–H groups in total. The molecule has 0 saturated carbocycles. The first-order valence-corrected chi connectivity index (χ1v) is 10.8. The molecule has 0 fully saturated rings. The second kappa shape index (κ2) is 10.2. The number of carbonyl (C=O) groups excluding carboxylic acids is 1. The van der Waals surface area contributed by atoms with E-state index in [4.69, 9.17) is 9.47 Å². The second-order valence-electron chi connectivity index (χ2n) is 7.04. The molecule has 5 nitrogen and oxygen atoms in total. The van der Waals surface area contributed by atoms with Crippen molar-refractivity contribution in [2.24, 2.45) is 0 Å². The summed E-state index contributed by atoms with van der Waals surface area (Å²) in [6.07, 6.45) is 3.24. The van der Waals surface area contributed by atoms with Crippen LogP contribution in [0.25, 0.3) is 23.4 Å². The summed E-state index contributed by atoms with van der Waals surface area (Å²) in [4.78, 5) is 18.2. The summed E-state index contributed by atoms with van der Waals surface area (Å²) in [6.45, 7) is 4.09. The maximum atomic E-state index is 13.1. The molecule has 1 unspecified atom stereocenters. The van der Waals surface area contributed by atoms with Gasteiger partial charge in [0.15, 0.2) is 17.6 Å². The van der Waals surface area contributed by atoms with Crippen LogP contribution in [-0.2, 0) is 4.79 Å². The lowest BCUT2D eigenvalue weighted by Crippen LogP contribution is -2.35. The molecule has 2 aromatic carbocycles. The normalized spacial score (nSPS) is 12.0. The highest BCUT2D eigenvalue weighted by molar-refractivity contribution is 7.10. The molecule has 162 valence electrons. The molecule has 0 radical (unpaired) electrons. The fraction of sp³-hybridized carbons (Fsp3) is 0.250. The Labute approximate surface area is 185 Å². The molecule has 7 heteroatoms. The van der Waals surface area contributed by atoms with E-state index in [0.717, 1.165) is 21.8 Å². The number of hydrogen-bond donors (Lipinski definition) is 0. The van der Waals surface area contributed by atoms with Crippen LogP contribution >= 0.6 is 11.3 Å². The van der Waals surface area contributed by atoms with Gasteiger partial charge in [0, 0.05) is 25.0 Å². The first-order chi connectivity index (χ1) is 14.9. The first-order valence-electron chi connectivity index (χ1n) is 9.91. The van der Waals surface area contributed by atoms with Crippen molar-refractivity contribution < 1.29 is 18.7 Å². The number of carbonyl (C=O) groups is 1. The number of amides is 1. The molecule has 0 bridgehead atoms. The van der Waals surface area contributed by atoms with Crippen molar-refractivity contribution in [3.63, 3.8) is 0 Å². The van der Waals surface area contributed by atoms with Crippen LogP contribution in [0.1, 0.15) is 24.4 Å². The van der Waals surface area contributed by atoms with Crippen molar-refractivity contribution in [2.45, 2.75) is 20.0 Å². The molecule has 0 saturated heterocycles. The minimum atomic E-state index is -0.615. The number of likely N-dealkylation sites (N-methyl/N-ethyl adjacent to an activating group) is 1. The predicted molar refractivity (Wildman–Crippen MR) is 123 cm³/mol. The summed E-state index contributed by atoms with van der Waals surface area (Å²) in [5.41, 5.74) is 2.60. The number of rotatable bonds is 8. The summed E-state index contributed by atoms with van der Waals surface area (Å²) in [7, 11) is 3.39. The lowest BCUT2D eigenvalue weighted by atomic mass is 10.1. The first kappa shape index (κ1) is 22.5. The molecule has 0 spiro atoms. The summed E-state index contributed by atoms with van der Waals surface area (Å²) in [6, 6.07) is 11.9. The Hall–Kier alpha value is -3.19. The van der Waals surface area contributed by atoms with E-state index >= 15 is 0 Å². The van der Waals surface area contributed by atoms with Gasteiger partial charge in [0.05, 0.1) is 12.3 Å². The highest BCUT2D eigenvalue weighted by Crippen LogP contribution is 2.31. The number of halogens is 1. The van der Waals surface area contributed by atoms with E-state index in [1.807, 2.05) is 36.6 Å². The summed E-state index contributed by atoms with van der Waals surface area (Å²) < 4.78 is 24.6. The number of benzene rings is 2. The zero-order valence-corrected chi connectivity index (χ0v) is 18.8. The second-order valence-corrected chi connectivity index (χ2v) is 7.93. The van der Waals surface area contributed by atoms with Crippen LogP contribution in [0.2, 0.25) is 0 Å². The third kappa shape index (κ3) is 5.92. The molecule has 3 rings (SSSR count). The number of aromatic nitrogens is 1. The van der Waals surface area contributed by atoms with E-state index in [0.29, 0.717) is 18.1 Å². The average Bonchev–Trinajstić information content (AvgIpc) is 3.23. The smallest absolute Gasteiger partial charge is 0.262 e. The van der Waals surface area contributed by atoms with Gasteiger partial charge < -0.3 is 14.4 Å². The summed E-state index contributed by atoms with van der Waals surface area (Å²) >= 11 is 1.51. The Morgan fingerprint density at radius 3 is 2.58 bits per heavy atom. The zero-order valence-electron chi connectivity index (χ0n) is 18.0. The van der Waals surface area contributed by atoms with Gasteiger partial charge in [-0.3, -0.25) is 4.79 Å². The average molecular weight is 441 g/mol. The maximum absolute atomic E-state index is 13.1. The number of nitrogens with zero attached hydrogens (tertiary/aromatic N) is 2. The SMILES string of the molecule is CCOc1cc(C=Cc2nc(-c3ccc(F)cc3)cs2)ccc1OC(C)C(=O)N(C)C. The molecule has 1 amide bonds. The van der Waals surface area contributed by atoms with Crippen LogP contribution < -0.4 is 9.47 Å². The van der Waals surface area contributed by atoms with Gasteiger partial charge in [0.1, 0.15) is 10.8 Å². The van der Waals surface area contributed by atoms with Crippen LogP contribution in [0, 0.1) is 5.82 Å². The summed E-state index contributed by atoms with van der Waals surface area (Å²) in [5, 5.41) is 2.78. The van der Waals surface area contributed by atoms with E-state index in [1.54, 1.807) is 39.2 Å². The molecule has 0 aliphatic carbocycles. The van der Waals surface area contributed by atoms with Gasteiger partial charge in [-0.2, -0.15) is 0 Å². The largest absolute Gasteiger partial charge is 0.490 e. The lowest BCUT2D eigenvalue weighted by molar-refractivity contribution is -0.135. The van der Waals surface area contributed by atoms with E-state index < -0.39 is 6.10 Å². The Morgan fingerprint density at radius 2 is 1.90 bits per heavy atom. The van der Waals surface area contributed by atoms with Gasteiger partial charge in [-0.1, -0.05) is 12.1 Å². The fourth-order valence-electron chi connectivity index (χ4n) is 2.88. The van der Waals surface area contributed by atoms with Gasteiger partial charge >= 0.3 is 0 Å². The van der Waals surface area contributed by atoms with Crippen molar-refractivity contribution in [2.75, 3.05) is 20.7 Å². The van der Waals surface area contributed by atoms with Crippen molar-refractivity contribution in [1.82, 2.24) is 9.88 Å². The van der Waals surface area contributed by atoms with Crippen molar-refractivity contribution >= 4 is 29.4 Å². The quantitative estimate of drug-likeness (QED) is 0.472. The van der Waals surface area contributed by atoms with E-state index in [9.17, 15) is 9.18 Å². The topological polar surface area (TPSA) is 51.7 Å². The van der Waals surface area contributed by atoms with Gasteiger partial charge in [-0.25, -0.2) is 9.37 Å². The van der Waals surface area contributed by atoms with Crippen LogP contribution in [0.3, 0.4) is 0 Å². The molecule has 3 aromatic rings. The Kier molecular flexibility index (Phi) is 7.41. The molecule has 31 heavy (non-hydrogen) atoms. The highest BCUT2D eigenvalue weighted by Gasteiger charge is 2.18.